The molecule has 0 heterocycles. The molecule has 2 aromatic carbocycles. The average molecular weight is 383 g/mol. The van der Waals surface area contributed by atoms with E-state index in [1.807, 2.05) is 26.0 Å². The highest BCUT2D eigenvalue weighted by Gasteiger charge is 2.46. The second-order valence-electron chi connectivity index (χ2n) is 6.99. The molecule has 0 amide bonds. The normalized spacial score (nSPS) is 14.2. The van der Waals surface area contributed by atoms with Gasteiger partial charge in [-0.15, -0.1) is 0 Å². The SMILES string of the molecule is CCC(CC)C(CC)(OC(=O)c1ccccc1)C(C)OC(=O)c1ccccc1. The van der Waals surface area contributed by atoms with Gasteiger partial charge in [0, 0.05) is 5.92 Å². The van der Waals surface area contributed by atoms with Crippen LogP contribution in [0.4, 0.5) is 0 Å². The van der Waals surface area contributed by atoms with Crippen LogP contribution in [-0.4, -0.2) is 23.6 Å². The van der Waals surface area contributed by atoms with Crippen LogP contribution in [-0.2, 0) is 9.47 Å². The summed E-state index contributed by atoms with van der Waals surface area (Å²) in [6.07, 6.45) is 1.61. The molecule has 4 heteroatoms. The number of esters is 2. The van der Waals surface area contributed by atoms with E-state index >= 15 is 0 Å². The van der Waals surface area contributed by atoms with Crippen molar-refractivity contribution in [2.45, 2.75) is 58.7 Å². The van der Waals surface area contributed by atoms with Crippen LogP contribution in [0.25, 0.3) is 0 Å². The lowest BCUT2D eigenvalue weighted by atomic mass is 9.77. The lowest BCUT2D eigenvalue weighted by molar-refractivity contribution is -0.125. The van der Waals surface area contributed by atoms with Gasteiger partial charge < -0.3 is 9.47 Å². The van der Waals surface area contributed by atoms with Gasteiger partial charge in [0.2, 0.25) is 0 Å². The lowest BCUT2D eigenvalue weighted by Crippen LogP contribution is -2.52. The van der Waals surface area contributed by atoms with Crippen molar-refractivity contribution in [2.75, 3.05) is 0 Å². The van der Waals surface area contributed by atoms with E-state index in [4.69, 9.17) is 9.47 Å². The summed E-state index contributed by atoms with van der Waals surface area (Å²) in [5, 5.41) is 0. The summed E-state index contributed by atoms with van der Waals surface area (Å²) in [5.41, 5.74) is 0.0899. The van der Waals surface area contributed by atoms with E-state index in [0.717, 1.165) is 12.8 Å². The quantitative estimate of drug-likeness (QED) is 0.524. The molecule has 2 unspecified atom stereocenters. The third kappa shape index (κ3) is 4.80. The average Bonchev–Trinajstić information content (AvgIpc) is 2.74. The maximum Gasteiger partial charge on any atom is 0.338 e. The van der Waals surface area contributed by atoms with Crippen LogP contribution >= 0.6 is 0 Å². The molecule has 2 atom stereocenters. The number of carbonyl (C=O) groups excluding carboxylic acids is 2. The number of carbonyl (C=O) groups is 2. The van der Waals surface area contributed by atoms with E-state index in [0.29, 0.717) is 17.5 Å². The second kappa shape index (κ2) is 10.1. The highest BCUT2D eigenvalue weighted by Crippen LogP contribution is 2.37. The van der Waals surface area contributed by atoms with Gasteiger partial charge in [0.15, 0.2) is 5.60 Å². The first kappa shape index (κ1) is 21.7. The Morgan fingerprint density at radius 1 is 0.821 bits per heavy atom. The molecule has 4 nitrogen and oxygen atoms in total. The maximum absolute atomic E-state index is 12.9. The van der Waals surface area contributed by atoms with E-state index in [1.165, 1.54) is 0 Å². The predicted octanol–water partition coefficient (Wildman–Crippen LogP) is 5.67. The Morgan fingerprint density at radius 2 is 1.29 bits per heavy atom. The van der Waals surface area contributed by atoms with E-state index in [9.17, 15) is 9.59 Å². The van der Waals surface area contributed by atoms with E-state index in [1.54, 1.807) is 48.5 Å². The predicted molar refractivity (Wildman–Crippen MR) is 110 cm³/mol. The molecular formula is C24H30O4. The van der Waals surface area contributed by atoms with Crippen molar-refractivity contribution in [3.05, 3.63) is 71.8 Å². The highest BCUT2D eigenvalue weighted by molar-refractivity contribution is 5.90. The Labute approximate surface area is 167 Å². The maximum atomic E-state index is 12.9. The van der Waals surface area contributed by atoms with E-state index in [-0.39, 0.29) is 5.92 Å². The van der Waals surface area contributed by atoms with Gasteiger partial charge in [0.05, 0.1) is 11.1 Å². The molecule has 0 bridgehead atoms. The topological polar surface area (TPSA) is 52.6 Å². The first-order chi connectivity index (χ1) is 13.5. The number of hydrogen-bond acceptors (Lipinski definition) is 4. The fraction of sp³-hybridized carbons (Fsp3) is 0.417. The smallest absolute Gasteiger partial charge is 0.338 e. The van der Waals surface area contributed by atoms with Gasteiger partial charge in [-0.2, -0.15) is 0 Å². The zero-order valence-corrected chi connectivity index (χ0v) is 17.2. The summed E-state index contributed by atoms with van der Waals surface area (Å²) in [6, 6.07) is 17.8. The Bertz CT molecular complexity index is 753. The summed E-state index contributed by atoms with van der Waals surface area (Å²) in [5.74, 6) is -0.728. The van der Waals surface area contributed by atoms with Gasteiger partial charge in [0.1, 0.15) is 6.10 Å². The Kier molecular flexibility index (Phi) is 7.80. The molecule has 2 rings (SSSR count). The number of benzene rings is 2. The Morgan fingerprint density at radius 3 is 1.71 bits per heavy atom. The number of hydrogen-bond donors (Lipinski definition) is 0. The molecule has 0 spiro atoms. The molecule has 0 N–H and O–H groups in total. The zero-order chi connectivity index (χ0) is 20.6. The van der Waals surface area contributed by atoms with E-state index in [2.05, 4.69) is 13.8 Å². The van der Waals surface area contributed by atoms with Crippen LogP contribution in [0.3, 0.4) is 0 Å². The molecule has 0 saturated carbocycles. The van der Waals surface area contributed by atoms with Crippen molar-refractivity contribution in [3.8, 4) is 0 Å². The Balaban J connectivity index is 2.31. The summed E-state index contributed by atoms with van der Waals surface area (Å²) in [7, 11) is 0. The summed E-state index contributed by atoms with van der Waals surface area (Å²) in [4.78, 5) is 25.5. The van der Waals surface area contributed by atoms with Crippen molar-refractivity contribution in [2.24, 2.45) is 5.92 Å². The molecule has 0 aromatic heterocycles. The van der Waals surface area contributed by atoms with Crippen LogP contribution in [0, 0.1) is 5.92 Å². The molecule has 0 radical (unpaired) electrons. The van der Waals surface area contributed by atoms with Crippen LogP contribution in [0.15, 0.2) is 60.7 Å². The van der Waals surface area contributed by atoms with Gasteiger partial charge in [-0.25, -0.2) is 9.59 Å². The van der Waals surface area contributed by atoms with Crippen molar-refractivity contribution < 1.29 is 19.1 Å². The summed E-state index contributed by atoms with van der Waals surface area (Å²) < 4.78 is 11.9. The molecule has 2 aromatic rings. The largest absolute Gasteiger partial charge is 0.455 e. The number of rotatable bonds is 9. The van der Waals surface area contributed by atoms with Gasteiger partial charge in [-0.1, -0.05) is 57.2 Å². The minimum absolute atomic E-state index is 0.0729. The third-order valence-corrected chi connectivity index (χ3v) is 5.50. The molecule has 28 heavy (non-hydrogen) atoms. The molecular weight excluding hydrogens is 352 g/mol. The minimum atomic E-state index is -0.888. The first-order valence-corrected chi connectivity index (χ1v) is 10.0. The standard InChI is InChI=1S/C24H30O4/c1-5-21(6-2)24(7-3,28-23(26)20-16-12-9-13-17-20)18(4)27-22(25)19-14-10-8-11-15-19/h8-18,21H,5-7H2,1-4H3. The molecule has 150 valence electrons. The lowest BCUT2D eigenvalue weighted by Gasteiger charge is -2.42. The Hall–Kier alpha value is -2.62. The van der Waals surface area contributed by atoms with Crippen LogP contribution < -0.4 is 0 Å². The van der Waals surface area contributed by atoms with Crippen LogP contribution in [0.1, 0.15) is 67.7 Å². The highest BCUT2D eigenvalue weighted by atomic mass is 16.6. The van der Waals surface area contributed by atoms with Gasteiger partial charge in [-0.3, -0.25) is 0 Å². The number of ether oxygens (including phenoxy) is 2. The fourth-order valence-electron chi connectivity index (χ4n) is 3.83. The van der Waals surface area contributed by atoms with Crippen molar-refractivity contribution in [1.82, 2.24) is 0 Å². The molecule has 0 saturated heterocycles. The zero-order valence-electron chi connectivity index (χ0n) is 17.2. The third-order valence-electron chi connectivity index (χ3n) is 5.50. The molecule has 0 fully saturated rings. The van der Waals surface area contributed by atoms with E-state index < -0.39 is 23.6 Å². The summed E-state index contributed by atoms with van der Waals surface area (Å²) in [6.45, 7) is 7.94. The molecule has 0 aliphatic rings. The summed E-state index contributed by atoms with van der Waals surface area (Å²) >= 11 is 0. The fourth-order valence-corrected chi connectivity index (χ4v) is 3.83. The molecule has 0 aliphatic heterocycles. The monoisotopic (exact) mass is 382 g/mol. The second-order valence-corrected chi connectivity index (χ2v) is 6.99. The van der Waals surface area contributed by atoms with Crippen LogP contribution in [0.2, 0.25) is 0 Å². The van der Waals surface area contributed by atoms with Crippen molar-refractivity contribution in [3.63, 3.8) is 0 Å². The minimum Gasteiger partial charge on any atom is -0.455 e. The first-order valence-electron chi connectivity index (χ1n) is 10.0. The van der Waals surface area contributed by atoms with Crippen LogP contribution in [0.5, 0.6) is 0 Å². The van der Waals surface area contributed by atoms with Crippen molar-refractivity contribution >= 4 is 11.9 Å². The van der Waals surface area contributed by atoms with Gasteiger partial charge in [-0.05, 0) is 50.5 Å². The van der Waals surface area contributed by atoms with Gasteiger partial charge >= 0.3 is 11.9 Å². The van der Waals surface area contributed by atoms with Gasteiger partial charge in [0.25, 0.3) is 0 Å². The van der Waals surface area contributed by atoms with Crippen molar-refractivity contribution in [1.29, 1.82) is 0 Å². The molecule has 0 aliphatic carbocycles.